The van der Waals surface area contributed by atoms with Crippen molar-refractivity contribution in [1.82, 2.24) is 15.7 Å². The van der Waals surface area contributed by atoms with Gasteiger partial charge in [0.15, 0.2) is 6.29 Å². The number of aliphatic hydroxyl groups is 1. The predicted octanol–water partition coefficient (Wildman–Crippen LogP) is 7.03. The molecule has 1 aliphatic rings. The molecule has 0 unspecified atom stereocenters. The van der Waals surface area contributed by atoms with Gasteiger partial charge in [0, 0.05) is 44.0 Å². The van der Waals surface area contributed by atoms with Crippen LogP contribution in [-0.4, -0.2) is 46.7 Å². The van der Waals surface area contributed by atoms with E-state index < -0.39 is 6.29 Å². The zero-order valence-corrected chi connectivity index (χ0v) is 28.5. The van der Waals surface area contributed by atoms with E-state index >= 15 is 0 Å². The standard InChI is InChI=1S/C40H49N3O6/c1-28(34-22-21-31-9-7-8-10-35(31)23-34)43(2)26-36-24-37(32-17-15-30(27-44)16-18-32)49-40(48-36)33-19-13-29(14-20-33)25-41-38(45)11-5-3-4-6-12-39(46)42-47/h7-10,13-23,28,36-37,40,44,47H,3-6,11-12,24-27H2,1-2H3,(H,41,45)(H,42,46)/t28-,36+,37-,40-/m1/s1. The molecule has 0 saturated carbocycles. The summed E-state index contributed by atoms with van der Waals surface area (Å²) in [6, 6.07) is 31.2. The molecule has 4 aromatic carbocycles. The highest BCUT2D eigenvalue weighted by Crippen LogP contribution is 2.39. The lowest BCUT2D eigenvalue weighted by Crippen LogP contribution is -2.38. The molecule has 9 heteroatoms. The van der Waals surface area contributed by atoms with Gasteiger partial charge in [0.05, 0.1) is 18.8 Å². The smallest absolute Gasteiger partial charge is 0.243 e. The zero-order chi connectivity index (χ0) is 34.6. The van der Waals surface area contributed by atoms with Crippen LogP contribution in [0.15, 0.2) is 91.0 Å². The summed E-state index contributed by atoms with van der Waals surface area (Å²) < 4.78 is 13.2. The first-order valence-electron chi connectivity index (χ1n) is 17.3. The number of nitrogens with one attached hydrogen (secondary N) is 2. The molecule has 0 aliphatic carbocycles. The highest BCUT2D eigenvalue weighted by molar-refractivity contribution is 5.83. The highest BCUT2D eigenvalue weighted by Gasteiger charge is 2.33. The molecule has 0 spiro atoms. The number of carbonyl (C=O) groups excluding carboxylic acids is 2. The number of hydroxylamine groups is 1. The minimum Gasteiger partial charge on any atom is -0.392 e. The lowest BCUT2D eigenvalue weighted by molar-refractivity contribution is -0.253. The van der Waals surface area contributed by atoms with E-state index in [1.165, 1.54) is 16.3 Å². The number of benzene rings is 4. The Morgan fingerprint density at radius 3 is 2.16 bits per heavy atom. The van der Waals surface area contributed by atoms with Crippen LogP contribution in [0.25, 0.3) is 10.8 Å². The van der Waals surface area contributed by atoms with Gasteiger partial charge in [-0.05, 0) is 65.9 Å². The summed E-state index contributed by atoms with van der Waals surface area (Å²) in [5, 5.41) is 23.6. The molecule has 0 aromatic heterocycles. The van der Waals surface area contributed by atoms with Crippen molar-refractivity contribution in [2.45, 2.75) is 89.6 Å². The van der Waals surface area contributed by atoms with Crippen molar-refractivity contribution >= 4 is 22.6 Å². The molecule has 260 valence electrons. The largest absolute Gasteiger partial charge is 0.392 e. The topological polar surface area (TPSA) is 120 Å². The second kappa shape index (κ2) is 18.0. The van der Waals surface area contributed by atoms with Gasteiger partial charge in [0.25, 0.3) is 0 Å². The lowest BCUT2D eigenvalue weighted by Gasteiger charge is -2.39. The fraction of sp³-hybridized carbons (Fsp3) is 0.400. The SMILES string of the molecule is C[C@H](c1ccc2ccccc2c1)N(C)C[C@@H]1C[C@H](c2ccc(CO)cc2)O[C@H](c2ccc(CNC(=O)CCCCCCC(=O)NO)cc2)O1. The Balaban J connectivity index is 1.19. The van der Waals surface area contributed by atoms with Gasteiger partial charge in [-0.2, -0.15) is 0 Å². The maximum Gasteiger partial charge on any atom is 0.243 e. The molecule has 1 fully saturated rings. The van der Waals surface area contributed by atoms with E-state index in [1.54, 1.807) is 5.48 Å². The second-order valence-electron chi connectivity index (χ2n) is 13.0. The van der Waals surface area contributed by atoms with Crippen molar-refractivity contribution in [3.63, 3.8) is 0 Å². The van der Waals surface area contributed by atoms with Crippen LogP contribution in [0.1, 0.15) is 98.1 Å². The van der Waals surface area contributed by atoms with E-state index in [4.69, 9.17) is 14.7 Å². The van der Waals surface area contributed by atoms with Crippen molar-refractivity contribution in [3.8, 4) is 0 Å². The minimum atomic E-state index is -0.558. The van der Waals surface area contributed by atoms with Crippen molar-refractivity contribution in [2.75, 3.05) is 13.6 Å². The molecule has 5 rings (SSSR count). The molecule has 4 N–H and O–H groups in total. The molecule has 4 aromatic rings. The van der Waals surface area contributed by atoms with Crippen molar-refractivity contribution in [3.05, 3.63) is 119 Å². The van der Waals surface area contributed by atoms with Crippen LogP contribution in [0.2, 0.25) is 0 Å². The quantitative estimate of drug-likeness (QED) is 0.0575. The third-order valence-electron chi connectivity index (χ3n) is 9.45. The number of hydrogen-bond acceptors (Lipinski definition) is 7. The molecule has 4 atom stereocenters. The average molecular weight is 668 g/mol. The van der Waals surface area contributed by atoms with E-state index in [0.717, 1.165) is 48.1 Å². The molecule has 1 aliphatic heterocycles. The third kappa shape index (κ3) is 10.4. The Morgan fingerprint density at radius 1 is 0.816 bits per heavy atom. The maximum atomic E-state index is 12.4. The van der Waals surface area contributed by atoms with Crippen LogP contribution in [0.3, 0.4) is 0 Å². The minimum absolute atomic E-state index is 0.00217. The van der Waals surface area contributed by atoms with E-state index in [9.17, 15) is 14.7 Å². The van der Waals surface area contributed by atoms with Gasteiger partial charge in [0.1, 0.15) is 0 Å². The summed E-state index contributed by atoms with van der Waals surface area (Å²) in [4.78, 5) is 25.8. The molecule has 9 nitrogen and oxygen atoms in total. The highest BCUT2D eigenvalue weighted by atomic mass is 16.7. The third-order valence-corrected chi connectivity index (χ3v) is 9.45. The number of aliphatic hydroxyl groups excluding tert-OH is 1. The maximum absolute atomic E-state index is 12.4. The Morgan fingerprint density at radius 2 is 1.47 bits per heavy atom. The zero-order valence-electron chi connectivity index (χ0n) is 28.5. The summed E-state index contributed by atoms with van der Waals surface area (Å²) in [6.45, 7) is 3.38. The number of unbranched alkanes of at least 4 members (excludes halogenated alkanes) is 3. The van der Waals surface area contributed by atoms with Gasteiger partial charge in [-0.3, -0.25) is 19.7 Å². The van der Waals surface area contributed by atoms with Crippen LogP contribution in [0.4, 0.5) is 0 Å². The Kier molecular flexibility index (Phi) is 13.3. The van der Waals surface area contributed by atoms with Gasteiger partial charge in [-0.1, -0.05) is 97.8 Å². The summed E-state index contributed by atoms with van der Waals surface area (Å²) in [5.74, 6) is -0.385. The number of amides is 2. The first-order chi connectivity index (χ1) is 23.8. The number of carbonyl (C=O) groups is 2. The van der Waals surface area contributed by atoms with Crippen molar-refractivity contribution < 1.29 is 29.4 Å². The monoisotopic (exact) mass is 667 g/mol. The average Bonchev–Trinajstić information content (AvgIpc) is 3.14. The van der Waals surface area contributed by atoms with E-state index in [-0.39, 0.29) is 43.1 Å². The number of likely N-dealkylation sites (N-methyl/N-ethyl adjacent to an activating group) is 1. The van der Waals surface area contributed by atoms with E-state index in [1.807, 2.05) is 48.5 Å². The summed E-state index contributed by atoms with van der Waals surface area (Å²) >= 11 is 0. The van der Waals surface area contributed by atoms with Crippen molar-refractivity contribution in [2.24, 2.45) is 0 Å². The fourth-order valence-electron chi connectivity index (χ4n) is 6.30. The Labute approximate surface area is 289 Å². The lowest BCUT2D eigenvalue weighted by atomic mass is 9.98. The predicted molar refractivity (Wildman–Crippen MR) is 189 cm³/mol. The first kappa shape index (κ1) is 36.2. The van der Waals surface area contributed by atoms with Crippen LogP contribution in [-0.2, 0) is 32.2 Å². The molecular formula is C40H49N3O6. The molecule has 1 saturated heterocycles. The number of nitrogens with zero attached hydrogens (tertiary/aromatic N) is 1. The molecule has 0 bridgehead atoms. The molecule has 49 heavy (non-hydrogen) atoms. The number of rotatable bonds is 16. The summed E-state index contributed by atoms with van der Waals surface area (Å²) in [5.41, 5.74) is 6.71. The van der Waals surface area contributed by atoms with Crippen molar-refractivity contribution in [1.29, 1.82) is 0 Å². The number of hydrogen-bond donors (Lipinski definition) is 4. The van der Waals surface area contributed by atoms with Gasteiger partial charge < -0.3 is 19.9 Å². The number of ether oxygens (including phenoxy) is 2. The van der Waals surface area contributed by atoms with Gasteiger partial charge in [0.2, 0.25) is 11.8 Å². The van der Waals surface area contributed by atoms with Gasteiger partial charge in [-0.15, -0.1) is 0 Å². The summed E-state index contributed by atoms with van der Waals surface area (Å²) in [6.07, 6.45) is 3.74. The molecular weight excluding hydrogens is 618 g/mol. The Hall–Kier alpha value is -4.12. The first-order valence-corrected chi connectivity index (χ1v) is 17.3. The van der Waals surface area contributed by atoms with Gasteiger partial charge in [-0.25, -0.2) is 5.48 Å². The second-order valence-corrected chi connectivity index (χ2v) is 13.0. The van der Waals surface area contributed by atoms with Crippen LogP contribution in [0, 0.1) is 0 Å². The summed E-state index contributed by atoms with van der Waals surface area (Å²) in [7, 11) is 2.14. The van der Waals surface area contributed by atoms with E-state index in [0.29, 0.717) is 25.8 Å². The molecule has 1 heterocycles. The van der Waals surface area contributed by atoms with Crippen LogP contribution < -0.4 is 10.8 Å². The normalized spacial score (nSPS) is 18.3. The molecule has 2 amide bonds. The van der Waals surface area contributed by atoms with E-state index in [2.05, 4.69) is 66.7 Å². The fourth-order valence-corrected chi connectivity index (χ4v) is 6.30. The van der Waals surface area contributed by atoms with Crippen LogP contribution >= 0.6 is 0 Å². The van der Waals surface area contributed by atoms with Gasteiger partial charge >= 0.3 is 0 Å². The number of fused-ring (bicyclic) bond motifs is 1. The Bertz CT molecular complexity index is 1640. The molecule has 0 radical (unpaired) electrons. The van der Waals surface area contributed by atoms with Crippen LogP contribution in [0.5, 0.6) is 0 Å².